The van der Waals surface area contributed by atoms with Gasteiger partial charge >= 0.3 is 6.18 Å². The van der Waals surface area contributed by atoms with Gasteiger partial charge in [0.1, 0.15) is 10.7 Å². The number of nitrogens with two attached hydrogens (primary N) is 1. The minimum Gasteiger partial charge on any atom is -0.491 e. The summed E-state index contributed by atoms with van der Waals surface area (Å²) in [5, 5.41) is 0. The zero-order valence-corrected chi connectivity index (χ0v) is 10.9. The Labute approximate surface area is 109 Å². The molecule has 1 rings (SSSR count). The molecule has 0 bridgehead atoms. The van der Waals surface area contributed by atoms with E-state index in [1.165, 1.54) is 12.1 Å². The number of alkyl halides is 3. The molecule has 18 heavy (non-hydrogen) atoms. The first-order chi connectivity index (χ1) is 8.25. The lowest BCUT2D eigenvalue weighted by Gasteiger charge is -2.16. The van der Waals surface area contributed by atoms with E-state index in [4.69, 9.17) is 10.5 Å². The molecule has 0 saturated heterocycles. The largest absolute Gasteiger partial charge is 0.491 e. The molecule has 0 aliphatic heterocycles. The Bertz CT molecular complexity index is 445. The zero-order valence-electron chi connectivity index (χ0n) is 10.0. The van der Waals surface area contributed by atoms with E-state index in [0.29, 0.717) is 5.75 Å². The highest BCUT2D eigenvalue weighted by molar-refractivity contribution is 7.80. The Morgan fingerprint density at radius 1 is 1.44 bits per heavy atom. The minimum absolute atomic E-state index is 0.0825. The van der Waals surface area contributed by atoms with Crippen LogP contribution < -0.4 is 10.5 Å². The van der Waals surface area contributed by atoms with Gasteiger partial charge in [0, 0.05) is 5.56 Å². The number of hydrogen-bond acceptors (Lipinski definition) is 2. The van der Waals surface area contributed by atoms with E-state index in [2.05, 4.69) is 12.2 Å². The van der Waals surface area contributed by atoms with Crippen LogP contribution in [0, 0.1) is 0 Å². The fraction of sp³-hybridized carbons (Fsp3) is 0.417. The van der Waals surface area contributed by atoms with Crippen molar-refractivity contribution in [2.75, 3.05) is 0 Å². The number of hydrogen-bond donors (Lipinski definition) is 1. The van der Waals surface area contributed by atoms with Crippen LogP contribution in [0.15, 0.2) is 18.2 Å². The van der Waals surface area contributed by atoms with E-state index >= 15 is 0 Å². The number of ether oxygens (including phenoxy) is 1. The van der Waals surface area contributed by atoms with Crippen LogP contribution in [0.5, 0.6) is 5.75 Å². The van der Waals surface area contributed by atoms with Gasteiger partial charge in [0.2, 0.25) is 0 Å². The van der Waals surface area contributed by atoms with Crippen LogP contribution in [0.3, 0.4) is 0 Å². The van der Waals surface area contributed by atoms with E-state index < -0.39 is 11.7 Å². The van der Waals surface area contributed by atoms with E-state index in [1.807, 2.05) is 13.8 Å². The molecule has 1 unspecified atom stereocenters. The molecule has 6 heteroatoms. The third-order valence-corrected chi connectivity index (χ3v) is 2.69. The number of halogens is 3. The molecule has 0 fully saturated rings. The Kier molecular flexibility index (Phi) is 4.56. The quantitative estimate of drug-likeness (QED) is 0.855. The summed E-state index contributed by atoms with van der Waals surface area (Å²) in [5.74, 6) is 0.333. The van der Waals surface area contributed by atoms with Gasteiger partial charge in [-0.25, -0.2) is 0 Å². The molecule has 0 aliphatic rings. The van der Waals surface area contributed by atoms with Gasteiger partial charge < -0.3 is 10.5 Å². The fourth-order valence-corrected chi connectivity index (χ4v) is 1.53. The van der Waals surface area contributed by atoms with E-state index in [-0.39, 0.29) is 16.7 Å². The molecule has 1 atom stereocenters. The first kappa shape index (κ1) is 14.8. The third-order valence-electron chi connectivity index (χ3n) is 2.47. The van der Waals surface area contributed by atoms with Crippen molar-refractivity contribution in [3.8, 4) is 5.75 Å². The van der Waals surface area contributed by atoms with Crippen molar-refractivity contribution in [2.45, 2.75) is 32.5 Å². The highest BCUT2D eigenvalue weighted by atomic mass is 32.1. The van der Waals surface area contributed by atoms with Crippen LogP contribution >= 0.6 is 12.2 Å². The number of benzene rings is 1. The topological polar surface area (TPSA) is 35.2 Å². The highest BCUT2D eigenvalue weighted by Gasteiger charge is 2.34. The van der Waals surface area contributed by atoms with Crippen LogP contribution in [0.4, 0.5) is 13.2 Å². The first-order valence-electron chi connectivity index (χ1n) is 5.43. The number of thiocarbonyl (C=S) groups is 1. The van der Waals surface area contributed by atoms with Crippen molar-refractivity contribution in [1.82, 2.24) is 0 Å². The fourth-order valence-electron chi connectivity index (χ4n) is 1.36. The molecule has 0 heterocycles. The average molecular weight is 277 g/mol. The molecule has 0 aliphatic carbocycles. The molecule has 0 aromatic heterocycles. The molecule has 0 spiro atoms. The van der Waals surface area contributed by atoms with Gasteiger partial charge in [-0.3, -0.25) is 0 Å². The normalized spacial score (nSPS) is 13.2. The van der Waals surface area contributed by atoms with E-state index in [9.17, 15) is 13.2 Å². The van der Waals surface area contributed by atoms with Crippen molar-refractivity contribution >= 4 is 17.2 Å². The van der Waals surface area contributed by atoms with Crippen molar-refractivity contribution in [2.24, 2.45) is 5.73 Å². The SMILES string of the molecule is CCC(C)Oc1ccc(C(F)(F)F)c(C(N)=S)c1. The summed E-state index contributed by atoms with van der Waals surface area (Å²) in [6, 6.07) is 3.44. The maximum atomic E-state index is 12.7. The number of rotatable bonds is 4. The van der Waals surface area contributed by atoms with Crippen molar-refractivity contribution in [3.63, 3.8) is 0 Å². The Hall–Kier alpha value is -1.30. The van der Waals surface area contributed by atoms with Crippen molar-refractivity contribution in [1.29, 1.82) is 0 Å². The molecule has 2 N–H and O–H groups in total. The highest BCUT2D eigenvalue weighted by Crippen LogP contribution is 2.34. The lowest BCUT2D eigenvalue weighted by molar-refractivity contribution is -0.137. The molecule has 0 amide bonds. The van der Waals surface area contributed by atoms with Crippen molar-refractivity contribution in [3.05, 3.63) is 29.3 Å². The summed E-state index contributed by atoms with van der Waals surface area (Å²) in [4.78, 5) is -0.295. The van der Waals surface area contributed by atoms with Gasteiger partial charge in [-0.2, -0.15) is 13.2 Å². The van der Waals surface area contributed by atoms with Crippen molar-refractivity contribution < 1.29 is 17.9 Å². The molecule has 100 valence electrons. The minimum atomic E-state index is -4.48. The first-order valence-corrected chi connectivity index (χ1v) is 5.84. The van der Waals surface area contributed by atoms with Gasteiger partial charge in [0.25, 0.3) is 0 Å². The Balaban J connectivity index is 3.16. The Morgan fingerprint density at radius 3 is 2.50 bits per heavy atom. The lowest BCUT2D eigenvalue weighted by Crippen LogP contribution is -2.18. The summed E-state index contributed by atoms with van der Waals surface area (Å²) in [7, 11) is 0. The van der Waals surface area contributed by atoms with Gasteiger partial charge in [-0.15, -0.1) is 0 Å². The van der Waals surface area contributed by atoms with E-state index in [0.717, 1.165) is 12.5 Å². The van der Waals surface area contributed by atoms with Gasteiger partial charge in [0.15, 0.2) is 0 Å². The Morgan fingerprint density at radius 2 is 2.06 bits per heavy atom. The second kappa shape index (κ2) is 5.56. The maximum absolute atomic E-state index is 12.7. The molecular formula is C12H14F3NOS. The summed E-state index contributed by atoms with van der Waals surface area (Å²) < 4.78 is 43.6. The van der Waals surface area contributed by atoms with Gasteiger partial charge in [0.05, 0.1) is 11.7 Å². The standard InChI is InChI=1S/C12H14F3NOS/c1-3-7(2)17-8-4-5-10(12(13,14)15)9(6-8)11(16)18/h4-7H,3H2,1-2H3,(H2,16,18). The van der Waals surface area contributed by atoms with Gasteiger partial charge in [-0.1, -0.05) is 19.1 Å². The molecule has 0 saturated carbocycles. The molecule has 2 nitrogen and oxygen atoms in total. The monoisotopic (exact) mass is 277 g/mol. The summed E-state index contributed by atoms with van der Waals surface area (Å²) in [6.45, 7) is 3.75. The van der Waals surface area contributed by atoms with Crippen LogP contribution in [0.2, 0.25) is 0 Å². The van der Waals surface area contributed by atoms with Crippen LogP contribution in [0.1, 0.15) is 31.4 Å². The average Bonchev–Trinajstić information content (AvgIpc) is 2.27. The molecule has 1 aromatic carbocycles. The van der Waals surface area contributed by atoms with Crippen LogP contribution in [-0.2, 0) is 6.18 Å². The summed E-state index contributed by atoms with van der Waals surface area (Å²) in [6.07, 6.45) is -3.81. The third kappa shape index (κ3) is 3.60. The van der Waals surface area contributed by atoms with Gasteiger partial charge in [-0.05, 0) is 31.5 Å². The maximum Gasteiger partial charge on any atom is 0.417 e. The molecule has 1 aromatic rings. The smallest absolute Gasteiger partial charge is 0.417 e. The second-order valence-electron chi connectivity index (χ2n) is 3.91. The van der Waals surface area contributed by atoms with Crippen LogP contribution in [0.25, 0.3) is 0 Å². The van der Waals surface area contributed by atoms with Crippen LogP contribution in [-0.4, -0.2) is 11.1 Å². The lowest BCUT2D eigenvalue weighted by atomic mass is 10.1. The predicted octanol–water partition coefficient (Wildman–Crippen LogP) is 3.52. The summed E-state index contributed by atoms with van der Waals surface area (Å²) >= 11 is 4.64. The summed E-state index contributed by atoms with van der Waals surface area (Å²) in [5.41, 5.74) is 4.27. The molecular weight excluding hydrogens is 263 g/mol. The van der Waals surface area contributed by atoms with E-state index in [1.54, 1.807) is 0 Å². The molecule has 0 radical (unpaired) electrons. The zero-order chi connectivity index (χ0) is 13.9. The predicted molar refractivity (Wildman–Crippen MR) is 67.7 cm³/mol. The second-order valence-corrected chi connectivity index (χ2v) is 4.35.